The van der Waals surface area contributed by atoms with E-state index in [0.29, 0.717) is 0 Å². The summed E-state index contributed by atoms with van der Waals surface area (Å²) in [5.74, 6) is 0. The van der Waals surface area contributed by atoms with Crippen molar-refractivity contribution in [1.82, 2.24) is 0 Å². The summed E-state index contributed by atoms with van der Waals surface area (Å²) in [5, 5.41) is 0. The molecule has 1 aromatic carbocycles. The van der Waals surface area contributed by atoms with E-state index in [-0.39, 0.29) is 0 Å². The highest BCUT2D eigenvalue weighted by Gasteiger charge is 2.14. The highest BCUT2D eigenvalue weighted by atomic mass is 15.3. The second-order valence-electron chi connectivity index (χ2n) is 8.51. The molecule has 0 heterocycles. The molecule has 25 heavy (non-hydrogen) atoms. The van der Waals surface area contributed by atoms with E-state index in [0.717, 1.165) is 4.48 Å². The average Bonchev–Trinajstić information content (AvgIpc) is 2.62. The minimum atomic E-state index is 1.16. The van der Waals surface area contributed by atoms with Gasteiger partial charge in [-0.25, -0.2) is 0 Å². The van der Waals surface area contributed by atoms with Crippen LogP contribution in [0.15, 0.2) is 30.3 Å². The zero-order valence-electron chi connectivity index (χ0n) is 17.4. The topological polar surface area (TPSA) is 0 Å². The van der Waals surface area contributed by atoms with Gasteiger partial charge >= 0.3 is 0 Å². The van der Waals surface area contributed by atoms with Crippen molar-refractivity contribution < 1.29 is 4.48 Å². The van der Waals surface area contributed by atoms with Gasteiger partial charge in [0.1, 0.15) is 0 Å². The predicted molar refractivity (Wildman–Crippen MR) is 113 cm³/mol. The molecule has 1 aromatic rings. The number of rotatable bonds is 16. The van der Waals surface area contributed by atoms with Gasteiger partial charge in [0, 0.05) is 6.42 Å². The van der Waals surface area contributed by atoms with E-state index in [1.807, 2.05) is 0 Å². The average molecular weight is 347 g/mol. The molecule has 0 bridgehead atoms. The van der Waals surface area contributed by atoms with Crippen molar-refractivity contribution in [2.45, 2.75) is 90.4 Å². The summed E-state index contributed by atoms with van der Waals surface area (Å²) in [6.07, 6.45) is 18.5. The van der Waals surface area contributed by atoms with Crippen molar-refractivity contribution in [3.05, 3.63) is 35.9 Å². The second-order valence-corrected chi connectivity index (χ2v) is 8.51. The monoisotopic (exact) mass is 346 g/mol. The first-order valence-electron chi connectivity index (χ1n) is 11.0. The van der Waals surface area contributed by atoms with E-state index in [4.69, 9.17) is 0 Å². The largest absolute Gasteiger partial charge is 0.328 e. The lowest BCUT2D eigenvalue weighted by Crippen LogP contribution is -2.42. The standard InChI is InChI=1S/C24H44N/c1-4-5-6-7-8-9-10-11-12-13-14-18-22-25(2,3)23-21-24-19-16-15-17-20-24/h15-17,19-20H,4-14,18,21-23H2,1-3H3/q+1. The molecule has 0 fully saturated rings. The van der Waals surface area contributed by atoms with Crippen LogP contribution in [0.4, 0.5) is 0 Å². The van der Waals surface area contributed by atoms with Gasteiger partial charge in [0.2, 0.25) is 0 Å². The molecule has 0 amide bonds. The van der Waals surface area contributed by atoms with Crippen LogP contribution < -0.4 is 0 Å². The molecule has 0 aliphatic carbocycles. The zero-order valence-corrected chi connectivity index (χ0v) is 17.4. The molecule has 0 N–H and O–H groups in total. The van der Waals surface area contributed by atoms with Gasteiger partial charge < -0.3 is 4.48 Å². The lowest BCUT2D eigenvalue weighted by molar-refractivity contribution is -0.890. The number of likely N-dealkylation sites (N-methyl/N-ethyl adjacent to an activating group) is 1. The van der Waals surface area contributed by atoms with Gasteiger partial charge in [0.25, 0.3) is 0 Å². The van der Waals surface area contributed by atoms with Gasteiger partial charge in [0.05, 0.1) is 27.2 Å². The smallest absolute Gasteiger partial charge is 0.0823 e. The first-order valence-corrected chi connectivity index (χ1v) is 11.0. The highest BCUT2D eigenvalue weighted by molar-refractivity contribution is 5.14. The quantitative estimate of drug-likeness (QED) is 0.223. The summed E-state index contributed by atoms with van der Waals surface area (Å²) in [7, 11) is 4.78. The van der Waals surface area contributed by atoms with Gasteiger partial charge in [-0.1, -0.05) is 101 Å². The first kappa shape index (κ1) is 22.2. The fraction of sp³-hybridized carbons (Fsp3) is 0.750. The molecule has 0 aliphatic rings. The maximum Gasteiger partial charge on any atom is 0.0823 e. The van der Waals surface area contributed by atoms with Crippen molar-refractivity contribution in [1.29, 1.82) is 0 Å². The molecule has 1 nitrogen and oxygen atoms in total. The highest BCUT2D eigenvalue weighted by Crippen LogP contribution is 2.13. The van der Waals surface area contributed by atoms with E-state index in [1.165, 1.54) is 102 Å². The Morgan fingerprint density at radius 3 is 1.60 bits per heavy atom. The summed E-state index contributed by atoms with van der Waals surface area (Å²) in [6, 6.07) is 10.9. The van der Waals surface area contributed by atoms with Crippen molar-refractivity contribution in [3.8, 4) is 0 Å². The molecule has 0 atom stereocenters. The Kier molecular flexibility index (Phi) is 12.8. The van der Waals surface area contributed by atoms with Crippen LogP contribution in [0.5, 0.6) is 0 Å². The van der Waals surface area contributed by atoms with Gasteiger partial charge in [0.15, 0.2) is 0 Å². The zero-order chi connectivity index (χ0) is 18.2. The number of hydrogen-bond acceptors (Lipinski definition) is 0. The summed E-state index contributed by atoms with van der Waals surface area (Å²) in [4.78, 5) is 0. The van der Waals surface area contributed by atoms with Crippen molar-refractivity contribution >= 4 is 0 Å². The van der Waals surface area contributed by atoms with Crippen LogP contribution in [0.2, 0.25) is 0 Å². The third-order valence-electron chi connectivity index (χ3n) is 5.47. The Balaban J connectivity index is 1.91. The molecule has 1 heteroatoms. The van der Waals surface area contributed by atoms with Crippen LogP contribution in [0, 0.1) is 0 Å². The molecular weight excluding hydrogens is 302 g/mol. The minimum Gasteiger partial charge on any atom is -0.328 e. The Labute approximate surface area is 158 Å². The van der Waals surface area contributed by atoms with Gasteiger partial charge in [-0.05, 0) is 18.4 Å². The molecule has 0 spiro atoms. The number of nitrogens with zero attached hydrogens (tertiary/aromatic N) is 1. The first-order chi connectivity index (χ1) is 12.1. The molecular formula is C24H44N+. The fourth-order valence-corrected chi connectivity index (χ4v) is 3.57. The van der Waals surface area contributed by atoms with E-state index < -0.39 is 0 Å². The van der Waals surface area contributed by atoms with Crippen LogP contribution in [-0.2, 0) is 6.42 Å². The van der Waals surface area contributed by atoms with Gasteiger partial charge in [-0.15, -0.1) is 0 Å². The minimum absolute atomic E-state index is 1.16. The van der Waals surface area contributed by atoms with E-state index in [2.05, 4.69) is 51.4 Å². The number of quaternary nitrogens is 1. The molecule has 0 unspecified atom stereocenters. The Hall–Kier alpha value is -0.820. The van der Waals surface area contributed by atoms with E-state index >= 15 is 0 Å². The van der Waals surface area contributed by atoms with Crippen LogP contribution in [-0.4, -0.2) is 31.7 Å². The third-order valence-corrected chi connectivity index (χ3v) is 5.47. The molecule has 0 saturated heterocycles. The lowest BCUT2D eigenvalue weighted by atomic mass is 10.1. The molecule has 0 radical (unpaired) electrons. The normalized spacial score (nSPS) is 11.8. The Bertz CT molecular complexity index is 396. The second kappa shape index (κ2) is 14.4. The number of benzene rings is 1. The maximum absolute atomic E-state index is 2.39. The molecule has 0 saturated carbocycles. The number of hydrogen-bond donors (Lipinski definition) is 0. The summed E-state index contributed by atoms with van der Waals surface area (Å²) >= 11 is 0. The van der Waals surface area contributed by atoms with Crippen molar-refractivity contribution in [2.75, 3.05) is 27.2 Å². The van der Waals surface area contributed by atoms with E-state index in [1.54, 1.807) is 0 Å². The molecule has 0 aromatic heterocycles. The molecule has 144 valence electrons. The summed E-state index contributed by atoms with van der Waals surface area (Å²) in [6.45, 7) is 4.87. The van der Waals surface area contributed by atoms with Crippen LogP contribution in [0.1, 0.15) is 89.5 Å². The molecule has 1 rings (SSSR count). The van der Waals surface area contributed by atoms with Gasteiger partial charge in [-0.2, -0.15) is 0 Å². The van der Waals surface area contributed by atoms with Crippen molar-refractivity contribution in [3.63, 3.8) is 0 Å². The molecule has 0 aliphatic heterocycles. The third kappa shape index (κ3) is 13.1. The van der Waals surface area contributed by atoms with Crippen molar-refractivity contribution in [2.24, 2.45) is 0 Å². The van der Waals surface area contributed by atoms with Crippen LogP contribution in [0.25, 0.3) is 0 Å². The fourth-order valence-electron chi connectivity index (χ4n) is 3.57. The van der Waals surface area contributed by atoms with Crippen LogP contribution in [0.3, 0.4) is 0 Å². The summed E-state index contributed by atoms with van der Waals surface area (Å²) in [5.41, 5.74) is 1.48. The summed E-state index contributed by atoms with van der Waals surface area (Å²) < 4.78 is 1.16. The van der Waals surface area contributed by atoms with Crippen LogP contribution >= 0.6 is 0 Å². The lowest BCUT2D eigenvalue weighted by Gasteiger charge is -2.30. The SMILES string of the molecule is CCCCCCCCCCCCCC[N+](C)(C)CCc1ccccc1. The van der Waals surface area contributed by atoms with Gasteiger partial charge in [-0.3, -0.25) is 0 Å². The van der Waals surface area contributed by atoms with E-state index in [9.17, 15) is 0 Å². The Morgan fingerprint density at radius 2 is 1.08 bits per heavy atom. The maximum atomic E-state index is 2.39. The number of unbranched alkanes of at least 4 members (excludes halogenated alkanes) is 11. The Morgan fingerprint density at radius 1 is 0.600 bits per heavy atom. The predicted octanol–water partition coefficient (Wildman–Crippen LogP) is 7.01.